The average Bonchev–Trinajstić information content (AvgIpc) is 2.53. The Morgan fingerprint density at radius 3 is 2.31 bits per heavy atom. The molecule has 0 spiro atoms. The van der Waals surface area contributed by atoms with E-state index in [9.17, 15) is 0 Å². The minimum absolute atomic E-state index is 0.423. The molecule has 0 aliphatic carbocycles. The molecule has 0 amide bonds. The van der Waals surface area contributed by atoms with Crippen molar-refractivity contribution in [1.82, 2.24) is 0 Å². The first-order chi connectivity index (χ1) is 6.27. The van der Waals surface area contributed by atoms with E-state index in [4.69, 9.17) is 11.6 Å². The standard InChI is InChI=1S/C11H9ClSe/c1-8-2-4-9(5-3-8)11-10(12)6-7-13-11/h2-7H,1H3. The molecule has 0 unspecified atom stereocenters. The van der Waals surface area contributed by atoms with Crippen LogP contribution in [-0.4, -0.2) is 14.5 Å². The molecule has 0 aliphatic heterocycles. The van der Waals surface area contributed by atoms with Gasteiger partial charge in [0.1, 0.15) is 0 Å². The average molecular weight is 256 g/mol. The molecule has 0 fully saturated rings. The van der Waals surface area contributed by atoms with Crippen molar-refractivity contribution >= 4 is 26.1 Å². The second-order valence-corrected chi connectivity index (χ2v) is 5.29. The van der Waals surface area contributed by atoms with Gasteiger partial charge in [-0.25, -0.2) is 0 Å². The maximum atomic E-state index is 6.06. The van der Waals surface area contributed by atoms with Crippen molar-refractivity contribution in [1.29, 1.82) is 0 Å². The summed E-state index contributed by atoms with van der Waals surface area (Å²) in [5, 5.41) is 0.906. The SMILES string of the molecule is Cc1ccc(-c2[se]ccc2Cl)cc1. The predicted molar refractivity (Wildman–Crippen MR) is 58.6 cm³/mol. The van der Waals surface area contributed by atoms with E-state index in [2.05, 4.69) is 36.1 Å². The number of hydrogen-bond donors (Lipinski definition) is 0. The molecule has 0 aliphatic rings. The molecule has 0 nitrogen and oxygen atoms in total. The molecule has 0 saturated heterocycles. The normalized spacial score (nSPS) is 10.3. The molecule has 2 aromatic rings. The minimum atomic E-state index is 0.423. The number of halogens is 1. The number of benzene rings is 1. The van der Waals surface area contributed by atoms with Gasteiger partial charge in [0.25, 0.3) is 0 Å². The summed E-state index contributed by atoms with van der Waals surface area (Å²) in [6.07, 6.45) is 0. The van der Waals surface area contributed by atoms with Crippen molar-refractivity contribution in [2.24, 2.45) is 0 Å². The van der Waals surface area contributed by atoms with E-state index in [1.807, 2.05) is 6.07 Å². The van der Waals surface area contributed by atoms with Crippen LogP contribution in [-0.2, 0) is 0 Å². The van der Waals surface area contributed by atoms with Crippen LogP contribution < -0.4 is 0 Å². The molecule has 1 aromatic heterocycles. The zero-order chi connectivity index (χ0) is 9.26. The van der Waals surface area contributed by atoms with E-state index in [0.29, 0.717) is 14.5 Å². The fourth-order valence-electron chi connectivity index (χ4n) is 1.20. The summed E-state index contributed by atoms with van der Waals surface area (Å²) in [6.45, 7) is 2.10. The van der Waals surface area contributed by atoms with Crippen LogP contribution in [0.1, 0.15) is 5.56 Å². The summed E-state index contributed by atoms with van der Waals surface area (Å²) in [7, 11) is 0. The van der Waals surface area contributed by atoms with Gasteiger partial charge in [0.2, 0.25) is 0 Å². The van der Waals surface area contributed by atoms with Crippen molar-refractivity contribution < 1.29 is 0 Å². The van der Waals surface area contributed by atoms with Gasteiger partial charge in [-0.3, -0.25) is 0 Å². The number of aryl methyl sites for hydroxylation is 1. The molecule has 2 heteroatoms. The van der Waals surface area contributed by atoms with Gasteiger partial charge >= 0.3 is 88.9 Å². The van der Waals surface area contributed by atoms with E-state index in [0.717, 1.165) is 5.02 Å². The van der Waals surface area contributed by atoms with Gasteiger partial charge in [-0.15, -0.1) is 0 Å². The fourth-order valence-corrected chi connectivity index (χ4v) is 3.44. The van der Waals surface area contributed by atoms with Crippen molar-refractivity contribution in [2.45, 2.75) is 6.92 Å². The molecule has 13 heavy (non-hydrogen) atoms. The quantitative estimate of drug-likeness (QED) is 0.686. The molecular weight excluding hydrogens is 247 g/mol. The van der Waals surface area contributed by atoms with Gasteiger partial charge in [-0.05, 0) is 0 Å². The Morgan fingerprint density at radius 2 is 1.77 bits per heavy atom. The zero-order valence-corrected chi connectivity index (χ0v) is 9.72. The van der Waals surface area contributed by atoms with Crippen molar-refractivity contribution in [3.05, 3.63) is 45.9 Å². The summed E-state index contributed by atoms with van der Waals surface area (Å²) in [5.74, 6) is 0. The Balaban J connectivity index is 2.47. The number of rotatable bonds is 1. The molecule has 0 radical (unpaired) electrons. The van der Waals surface area contributed by atoms with Crippen molar-refractivity contribution in [2.75, 3.05) is 0 Å². The van der Waals surface area contributed by atoms with E-state index >= 15 is 0 Å². The van der Waals surface area contributed by atoms with Gasteiger partial charge in [-0.1, -0.05) is 0 Å². The Labute approximate surface area is 88.9 Å². The second kappa shape index (κ2) is 3.71. The fraction of sp³-hybridized carbons (Fsp3) is 0.0909. The molecule has 0 saturated carbocycles. The van der Waals surface area contributed by atoms with Crippen molar-refractivity contribution in [3.8, 4) is 10.0 Å². The molecule has 1 heterocycles. The van der Waals surface area contributed by atoms with Crippen molar-refractivity contribution in [3.63, 3.8) is 0 Å². The first kappa shape index (κ1) is 9.08. The van der Waals surface area contributed by atoms with E-state index < -0.39 is 0 Å². The molecule has 2 rings (SSSR count). The van der Waals surface area contributed by atoms with Crippen LogP contribution in [0.3, 0.4) is 0 Å². The molecule has 1 aromatic carbocycles. The number of hydrogen-bond acceptors (Lipinski definition) is 0. The van der Waals surface area contributed by atoms with Gasteiger partial charge in [0, 0.05) is 0 Å². The Bertz CT molecular complexity index is 400. The monoisotopic (exact) mass is 256 g/mol. The van der Waals surface area contributed by atoms with Crippen LogP contribution >= 0.6 is 11.6 Å². The second-order valence-electron chi connectivity index (χ2n) is 2.96. The molecule has 66 valence electrons. The molecule has 0 bridgehead atoms. The zero-order valence-electron chi connectivity index (χ0n) is 7.25. The topological polar surface area (TPSA) is 0 Å². The predicted octanol–water partition coefficient (Wildman–Crippen LogP) is 3.37. The summed E-state index contributed by atoms with van der Waals surface area (Å²) in [5.41, 5.74) is 2.56. The van der Waals surface area contributed by atoms with Crippen LogP contribution in [0.5, 0.6) is 0 Å². The summed E-state index contributed by atoms with van der Waals surface area (Å²) >= 11 is 6.48. The Kier molecular flexibility index (Phi) is 2.59. The van der Waals surface area contributed by atoms with Crippen LogP contribution in [0.15, 0.2) is 35.3 Å². The Hall–Kier alpha value is -0.491. The molecule has 0 atom stereocenters. The molecule has 0 N–H and O–H groups in total. The van der Waals surface area contributed by atoms with Crippen LogP contribution in [0, 0.1) is 6.92 Å². The van der Waals surface area contributed by atoms with Gasteiger partial charge in [-0.2, -0.15) is 0 Å². The van der Waals surface area contributed by atoms with E-state index in [-0.39, 0.29) is 0 Å². The first-order valence-corrected chi connectivity index (χ1v) is 6.30. The third-order valence-corrected chi connectivity index (χ3v) is 4.52. The van der Waals surface area contributed by atoms with Crippen LogP contribution in [0.4, 0.5) is 0 Å². The van der Waals surface area contributed by atoms with Crippen LogP contribution in [0.25, 0.3) is 10.0 Å². The van der Waals surface area contributed by atoms with Gasteiger partial charge < -0.3 is 0 Å². The first-order valence-electron chi connectivity index (χ1n) is 4.07. The Morgan fingerprint density at radius 1 is 1.08 bits per heavy atom. The summed E-state index contributed by atoms with van der Waals surface area (Å²) in [4.78, 5) is 2.16. The van der Waals surface area contributed by atoms with Crippen LogP contribution in [0.2, 0.25) is 5.02 Å². The molecular formula is C11H9ClSe. The maximum absolute atomic E-state index is 6.06. The summed E-state index contributed by atoms with van der Waals surface area (Å²) in [6, 6.07) is 10.5. The van der Waals surface area contributed by atoms with E-state index in [1.165, 1.54) is 15.6 Å². The van der Waals surface area contributed by atoms with E-state index in [1.54, 1.807) is 0 Å². The third kappa shape index (κ3) is 1.88. The van der Waals surface area contributed by atoms with Gasteiger partial charge in [0.05, 0.1) is 0 Å². The summed E-state index contributed by atoms with van der Waals surface area (Å²) < 4.78 is 1.30. The van der Waals surface area contributed by atoms with Gasteiger partial charge in [0.15, 0.2) is 0 Å². The third-order valence-electron chi connectivity index (χ3n) is 1.93.